The molecule has 0 bridgehead atoms. The Morgan fingerprint density at radius 2 is 1.72 bits per heavy atom. The fourth-order valence-electron chi connectivity index (χ4n) is 6.51. The van der Waals surface area contributed by atoms with Gasteiger partial charge in [-0.05, 0) is 79.8 Å². The number of allylic oxidation sites excluding steroid dienone is 3. The van der Waals surface area contributed by atoms with E-state index in [1.165, 1.54) is 31.0 Å². The predicted octanol–water partition coefficient (Wildman–Crippen LogP) is 8.77. The quantitative estimate of drug-likeness (QED) is 0.256. The van der Waals surface area contributed by atoms with Crippen LogP contribution in [-0.4, -0.2) is 54.1 Å². The Balaban J connectivity index is 1.66. The molecule has 0 spiro atoms. The number of carbonyl (C=O) groups is 2. The van der Waals surface area contributed by atoms with Gasteiger partial charge in [0.25, 0.3) is 0 Å². The van der Waals surface area contributed by atoms with Crippen LogP contribution in [0.5, 0.6) is 0 Å². The highest BCUT2D eigenvalue weighted by atomic mass is 19.4. The summed E-state index contributed by atoms with van der Waals surface area (Å²) in [4.78, 5) is 30.0. The molecule has 2 aromatic rings. The van der Waals surface area contributed by atoms with Crippen LogP contribution in [0.25, 0.3) is 0 Å². The minimum absolute atomic E-state index is 0.0177. The highest BCUT2D eigenvalue weighted by Crippen LogP contribution is 2.41. The van der Waals surface area contributed by atoms with Gasteiger partial charge in [-0.15, -0.1) is 0 Å². The lowest BCUT2D eigenvalue weighted by Gasteiger charge is -2.50. The number of halogens is 7. The first-order valence-corrected chi connectivity index (χ1v) is 16.1. The summed E-state index contributed by atoms with van der Waals surface area (Å²) in [7, 11) is 3.03. The number of rotatable bonds is 9. The lowest BCUT2D eigenvalue weighted by molar-refractivity contribution is -0.143. The molecule has 1 saturated heterocycles. The molecule has 50 heavy (non-hydrogen) atoms. The summed E-state index contributed by atoms with van der Waals surface area (Å²) in [5.74, 6) is -1.29. The molecule has 2 unspecified atom stereocenters. The summed E-state index contributed by atoms with van der Waals surface area (Å²) in [6.45, 7) is 3.21. The van der Waals surface area contributed by atoms with E-state index in [0.29, 0.717) is 18.6 Å². The lowest BCUT2D eigenvalue weighted by Crippen LogP contribution is -2.63. The van der Waals surface area contributed by atoms with Crippen molar-refractivity contribution in [3.8, 4) is 0 Å². The van der Waals surface area contributed by atoms with Crippen LogP contribution < -0.4 is 10.6 Å². The van der Waals surface area contributed by atoms with Gasteiger partial charge in [0.05, 0.1) is 22.7 Å². The second kappa shape index (κ2) is 15.6. The van der Waals surface area contributed by atoms with Crippen LogP contribution in [0.15, 0.2) is 84.9 Å². The van der Waals surface area contributed by atoms with Crippen LogP contribution in [0.3, 0.4) is 0 Å². The zero-order valence-electron chi connectivity index (χ0n) is 28.1. The third-order valence-corrected chi connectivity index (χ3v) is 9.38. The van der Waals surface area contributed by atoms with Crippen molar-refractivity contribution in [2.24, 2.45) is 11.8 Å². The number of piperidine rings is 1. The van der Waals surface area contributed by atoms with E-state index in [1.54, 1.807) is 26.2 Å². The molecule has 0 radical (unpaired) electrons. The van der Waals surface area contributed by atoms with Crippen molar-refractivity contribution in [3.63, 3.8) is 0 Å². The highest BCUT2D eigenvalue weighted by Gasteiger charge is 2.47. The number of carbonyl (C=O) groups excluding carboxylic acids is 2. The topological polar surface area (TPSA) is 73.9 Å². The van der Waals surface area contributed by atoms with Crippen LogP contribution in [0.2, 0.25) is 0 Å². The Kier molecular flexibility index (Phi) is 11.9. The average molecular weight is 711 g/mol. The van der Waals surface area contributed by atoms with Gasteiger partial charge in [0.2, 0.25) is 0 Å². The van der Waals surface area contributed by atoms with Gasteiger partial charge in [-0.2, -0.15) is 26.3 Å². The molecular weight excluding hydrogens is 669 g/mol. The molecule has 2 aliphatic rings. The van der Waals surface area contributed by atoms with Crippen LogP contribution in [-0.2, 0) is 23.7 Å². The molecule has 5 atom stereocenters. The Hall–Kier alpha value is -4.49. The molecule has 2 aromatic carbocycles. The number of hydrogen-bond donors (Lipinski definition) is 2. The van der Waals surface area contributed by atoms with Crippen molar-refractivity contribution in [1.82, 2.24) is 20.4 Å². The smallest absolute Gasteiger partial charge is 0.416 e. The van der Waals surface area contributed by atoms with Gasteiger partial charge in [-0.1, -0.05) is 49.4 Å². The first-order valence-electron chi connectivity index (χ1n) is 16.1. The minimum Gasteiger partial charge on any atom is -0.445 e. The molecule has 0 saturated carbocycles. The van der Waals surface area contributed by atoms with Crippen molar-refractivity contribution in [3.05, 3.63) is 107 Å². The maximum atomic E-state index is 14.3. The zero-order chi connectivity index (χ0) is 36.9. The Morgan fingerprint density at radius 1 is 1.08 bits per heavy atom. The van der Waals surface area contributed by atoms with Crippen LogP contribution in [0.4, 0.5) is 40.3 Å². The molecule has 2 N–H and O–H groups in total. The van der Waals surface area contributed by atoms with E-state index >= 15 is 0 Å². The van der Waals surface area contributed by atoms with Crippen molar-refractivity contribution in [1.29, 1.82) is 0 Å². The number of urea groups is 1. The summed E-state index contributed by atoms with van der Waals surface area (Å²) >= 11 is 0. The van der Waals surface area contributed by atoms with E-state index in [9.17, 15) is 40.3 Å². The lowest BCUT2D eigenvalue weighted by atomic mass is 9.72. The van der Waals surface area contributed by atoms with Crippen molar-refractivity contribution < 1.29 is 45.1 Å². The first-order chi connectivity index (χ1) is 23.4. The number of nitrogens with one attached hydrogen (secondary N) is 2. The molecule has 4 rings (SSSR count). The number of likely N-dealkylation sites (tertiary alicyclic amines) is 1. The van der Waals surface area contributed by atoms with Crippen molar-refractivity contribution in [2.75, 3.05) is 20.6 Å². The van der Waals surface area contributed by atoms with E-state index in [1.807, 2.05) is 36.4 Å². The predicted molar refractivity (Wildman–Crippen MR) is 174 cm³/mol. The van der Waals surface area contributed by atoms with E-state index < -0.39 is 70.9 Å². The summed E-state index contributed by atoms with van der Waals surface area (Å²) < 4.78 is 102. The number of hydrogen-bond acceptors (Lipinski definition) is 4. The van der Waals surface area contributed by atoms with Crippen molar-refractivity contribution >= 4 is 12.1 Å². The standard InChI is InChI=1S/C36H41F7N4O3/c1-23-17-29(37)11-12-30(23)31-21-34(13-8-15-44-3,45-32(48)50-22-25-9-6-5-7-10-25)14-16-47(31)33(49)46(4)24(2)26-18-27(35(38,39)40)20-28(19-26)36(41,42)43/h5-12,15,17-20,23-24,30-31,44H,13-14,16,21-22H2,1-4H3,(H,45,48)/b15-8-/t23?,24-,30?,31-,34+/m1/s1. The monoisotopic (exact) mass is 710 g/mol. The second-order valence-electron chi connectivity index (χ2n) is 12.8. The normalized spacial score (nSPS) is 23.3. The Labute approximate surface area is 286 Å². The number of alkyl carbamates (subject to hydrolysis) is 1. The molecule has 272 valence electrons. The van der Waals surface area contributed by atoms with Gasteiger partial charge >= 0.3 is 24.5 Å². The van der Waals surface area contributed by atoms with Gasteiger partial charge in [0.15, 0.2) is 0 Å². The molecular formula is C36H41F7N4O3. The van der Waals surface area contributed by atoms with Gasteiger partial charge < -0.3 is 25.2 Å². The number of alkyl halides is 6. The van der Waals surface area contributed by atoms with Gasteiger partial charge in [-0.3, -0.25) is 0 Å². The minimum atomic E-state index is -5.05. The SMILES string of the molecule is CN/C=C\C[C@]1(NC(=O)OCc2ccccc2)CCN(C(=O)N(C)[C@H](C)c2cc(C(F)(F)F)cc(C(F)(F)F)c2)[C@@H](C2C=CC(F)=CC2C)C1. The first kappa shape index (κ1) is 38.3. The fraction of sp³-hybridized carbons (Fsp3) is 0.444. The molecule has 3 amide bonds. The third-order valence-electron chi connectivity index (χ3n) is 9.38. The third kappa shape index (κ3) is 9.39. The van der Waals surface area contributed by atoms with Gasteiger partial charge in [0.1, 0.15) is 12.4 Å². The molecule has 0 aromatic heterocycles. The van der Waals surface area contributed by atoms with Crippen LogP contribution in [0.1, 0.15) is 61.4 Å². The summed E-state index contributed by atoms with van der Waals surface area (Å²) in [6, 6.07) is 7.85. The van der Waals surface area contributed by atoms with Gasteiger partial charge in [-0.25, -0.2) is 14.0 Å². The van der Waals surface area contributed by atoms with Gasteiger partial charge in [0, 0.05) is 32.6 Å². The maximum Gasteiger partial charge on any atom is 0.416 e. The maximum absolute atomic E-state index is 14.3. The number of ether oxygens (including phenoxy) is 1. The van der Waals surface area contributed by atoms with E-state index in [2.05, 4.69) is 10.6 Å². The molecule has 1 aliphatic carbocycles. The summed E-state index contributed by atoms with van der Waals surface area (Å²) in [5.41, 5.74) is -3.46. The molecule has 1 aliphatic heterocycles. The Morgan fingerprint density at radius 3 is 2.30 bits per heavy atom. The molecule has 14 heteroatoms. The fourth-order valence-corrected chi connectivity index (χ4v) is 6.51. The number of amides is 3. The largest absolute Gasteiger partial charge is 0.445 e. The molecule has 7 nitrogen and oxygen atoms in total. The van der Waals surface area contributed by atoms with Crippen LogP contribution in [0, 0.1) is 11.8 Å². The number of nitrogens with zero attached hydrogens (tertiary/aromatic N) is 2. The summed E-state index contributed by atoms with van der Waals surface area (Å²) in [5, 5.41) is 5.92. The van der Waals surface area contributed by atoms with E-state index in [0.717, 1.165) is 10.5 Å². The van der Waals surface area contributed by atoms with Crippen molar-refractivity contribution in [2.45, 2.75) is 69.7 Å². The molecule has 1 heterocycles. The molecule has 1 fully saturated rings. The zero-order valence-corrected chi connectivity index (χ0v) is 28.1. The number of benzene rings is 2. The Bertz CT molecular complexity index is 1560. The average Bonchev–Trinajstić information content (AvgIpc) is 3.06. The van der Waals surface area contributed by atoms with E-state index in [4.69, 9.17) is 4.74 Å². The second-order valence-corrected chi connectivity index (χ2v) is 12.8. The highest BCUT2D eigenvalue weighted by molar-refractivity contribution is 5.76. The van der Waals surface area contributed by atoms with Crippen LogP contribution >= 0.6 is 0 Å². The van der Waals surface area contributed by atoms with E-state index in [-0.39, 0.29) is 37.6 Å². The summed E-state index contributed by atoms with van der Waals surface area (Å²) in [6.07, 6.45) is -2.15.